The molecule has 0 atom stereocenters. The highest BCUT2D eigenvalue weighted by atomic mass is 35.5. The molecular weight excluding hydrogens is 320 g/mol. The van der Waals surface area contributed by atoms with Crippen molar-refractivity contribution in [2.24, 2.45) is 0 Å². The van der Waals surface area contributed by atoms with E-state index in [4.69, 9.17) is 4.74 Å². The van der Waals surface area contributed by atoms with E-state index in [2.05, 4.69) is 9.64 Å². The number of ether oxygens (including phenoxy) is 2. The lowest BCUT2D eigenvalue weighted by atomic mass is 10.1. The Morgan fingerprint density at radius 2 is 2.09 bits per heavy atom. The van der Waals surface area contributed by atoms with Gasteiger partial charge in [0.2, 0.25) is 0 Å². The average molecular weight is 343 g/mol. The Labute approximate surface area is 142 Å². The van der Waals surface area contributed by atoms with Crippen molar-refractivity contribution in [1.29, 1.82) is 0 Å². The SMILES string of the molecule is CCN(C)C(=O)Oc1ccc2c(c1)N(CCC(=O)OC)CC2.Cl. The molecule has 128 valence electrons. The number of hydrogen-bond acceptors (Lipinski definition) is 5. The third kappa shape index (κ3) is 4.76. The number of benzene rings is 1. The number of carbonyl (C=O) groups excluding carboxylic acids is 2. The quantitative estimate of drug-likeness (QED) is 0.769. The second kappa shape index (κ2) is 8.62. The number of methoxy groups -OCH3 is 1. The first-order chi connectivity index (χ1) is 10.5. The van der Waals surface area contributed by atoms with Crippen LogP contribution >= 0.6 is 12.4 Å². The molecule has 0 bridgehead atoms. The predicted octanol–water partition coefficient (Wildman–Crippen LogP) is 2.48. The standard InChI is InChI=1S/C16H22N2O4.ClH/c1-4-17(2)16(20)22-13-6-5-12-7-9-18(14(12)11-13)10-8-15(19)21-3;/h5-6,11H,4,7-10H2,1-3H3;1H. The molecule has 6 nitrogen and oxygen atoms in total. The zero-order valence-electron chi connectivity index (χ0n) is 13.7. The van der Waals surface area contributed by atoms with Crippen LogP contribution in [0.1, 0.15) is 18.9 Å². The molecule has 7 heteroatoms. The maximum Gasteiger partial charge on any atom is 0.414 e. The van der Waals surface area contributed by atoms with E-state index in [1.807, 2.05) is 25.1 Å². The molecule has 1 aromatic rings. The molecule has 0 spiro atoms. The molecule has 0 saturated carbocycles. The van der Waals surface area contributed by atoms with Crippen molar-refractivity contribution in [3.05, 3.63) is 23.8 Å². The summed E-state index contributed by atoms with van der Waals surface area (Å²) < 4.78 is 10.0. The van der Waals surface area contributed by atoms with Crippen LogP contribution in [0.4, 0.5) is 10.5 Å². The van der Waals surface area contributed by atoms with Crippen LogP contribution < -0.4 is 9.64 Å². The molecule has 0 fully saturated rings. The third-order valence-electron chi connectivity index (χ3n) is 3.85. The molecule has 1 aliphatic heterocycles. The summed E-state index contributed by atoms with van der Waals surface area (Å²) in [7, 11) is 3.08. The van der Waals surface area contributed by atoms with Crippen molar-refractivity contribution in [3.63, 3.8) is 0 Å². The molecule has 0 saturated heterocycles. The average Bonchev–Trinajstić information content (AvgIpc) is 2.94. The highest BCUT2D eigenvalue weighted by molar-refractivity contribution is 5.85. The van der Waals surface area contributed by atoms with E-state index in [0.717, 1.165) is 18.7 Å². The smallest absolute Gasteiger partial charge is 0.414 e. The molecule has 0 aromatic heterocycles. The largest absolute Gasteiger partial charge is 0.469 e. The van der Waals surface area contributed by atoms with Gasteiger partial charge in [-0.3, -0.25) is 4.79 Å². The first-order valence-corrected chi connectivity index (χ1v) is 7.42. The van der Waals surface area contributed by atoms with Gasteiger partial charge in [-0.2, -0.15) is 0 Å². The fourth-order valence-electron chi connectivity index (χ4n) is 2.36. The Kier molecular flexibility index (Phi) is 7.16. The van der Waals surface area contributed by atoms with Crippen molar-refractivity contribution in [3.8, 4) is 5.75 Å². The van der Waals surface area contributed by atoms with Crippen molar-refractivity contribution in [1.82, 2.24) is 4.90 Å². The normalized spacial score (nSPS) is 12.2. The molecule has 0 aliphatic carbocycles. The molecule has 0 radical (unpaired) electrons. The third-order valence-corrected chi connectivity index (χ3v) is 3.85. The Balaban J connectivity index is 0.00000264. The number of anilines is 1. The first-order valence-electron chi connectivity index (χ1n) is 7.42. The minimum atomic E-state index is -0.374. The van der Waals surface area contributed by atoms with Gasteiger partial charge in [-0.1, -0.05) is 6.07 Å². The lowest BCUT2D eigenvalue weighted by Crippen LogP contribution is -2.29. The number of amides is 1. The highest BCUT2D eigenvalue weighted by Crippen LogP contribution is 2.32. The zero-order valence-corrected chi connectivity index (χ0v) is 14.5. The van der Waals surface area contributed by atoms with Crippen LogP contribution in [0.2, 0.25) is 0 Å². The predicted molar refractivity (Wildman–Crippen MR) is 90.6 cm³/mol. The second-order valence-corrected chi connectivity index (χ2v) is 5.24. The van der Waals surface area contributed by atoms with E-state index in [-0.39, 0.29) is 24.5 Å². The van der Waals surface area contributed by atoms with Crippen LogP contribution in [0.15, 0.2) is 18.2 Å². The Bertz CT molecular complexity index is 565. The van der Waals surface area contributed by atoms with Crippen LogP contribution in [-0.2, 0) is 16.0 Å². The number of hydrogen-bond donors (Lipinski definition) is 0. The van der Waals surface area contributed by atoms with Crippen LogP contribution in [0.5, 0.6) is 5.75 Å². The summed E-state index contributed by atoms with van der Waals surface area (Å²) in [5.41, 5.74) is 2.22. The van der Waals surface area contributed by atoms with Gasteiger partial charge in [0.15, 0.2) is 0 Å². The van der Waals surface area contributed by atoms with E-state index in [1.165, 1.54) is 17.6 Å². The fourth-order valence-corrected chi connectivity index (χ4v) is 2.36. The molecule has 1 amide bonds. The Morgan fingerprint density at radius 3 is 2.74 bits per heavy atom. The number of carbonyl (C=O) groups is 2. The topological polar surface area (TPSA) is 59.1 Å². The minimum absolute atomic E-state index is 0. The number of rotatable bonds is 5. The van der Waals surface area contributed by atoms with Crippen LogP contribution in [0.3, 0.4) is 0 Å². The van der Waals surface area contributed by atoms with Gasteiger partial charge in [0, 0.05) is 38.4 Å². The van der Waals surface area contributed by atoms with E-state index in [9.17, 15) is 9.59 Å². The molecule has 0 unspecified atom stereocenters. The molecular formula is C16H23ClN2O4. The van der Waals surface area contributed by atoms with Gasteiger partial charge in [-0.05, 0) is 25.0 Å². The van der Waals surface area contributed by atoms with E-state index < -0.39 is 0 Å². The zero-order chi connectivity index (χ0) is 16.1. The van der Waals surface area contributed by atoms with Crippen molar-refractivity contribution in [2.45, 2.75) is 19.8 Å². The summed E-state index contributed by atoms with van der Waals surface area (Å²) >= 11 is 0. The van der Waals surface area contributed by atoms with Crippen molar-refractivity contribution in [2.75, 3.05) is 38.7 Å². The lowest BCUT2D eigenvalue weighted by molar-refractivity contribution is -0.140. The Hall–Kier alpha value is -1.95. The second-order valence-electron chi connectivity index (χ2n) is 5.24. The number of halogens is 1. The highest BCUT2D eigenvalue weighted by Gasteiger charge is 2.21. The van der Waals surface area contributed by atoms with Crippen LogP contribution in [0, 0.1) is 0 Å². The Morgan fingerprint density at radius 1 is 1.35 bits per heavy atom. The molecule has 1 aliphatic rings. The minimum Gasteiger partial charge on any atom is -0.469 e. The molecule has 1 heterocycles. The summed E-state index contributed by atoms with van der Waals surface area (Å²) in [6.45, 7) is 3.94. The van der Waals surface area contributed by atoms with E-state index in [0.29, 0.717) is 25.3 Å². The fraction of sp³-hybridized carbons (Fsp3) is 0.500. The van der Waals surface area contributed by atoms with E-state index >= 15 is 0 Å². The molecule has 23 heavy (non-hydrogen) atoms. The summed E-state index contributed by atoms with van der Waals surface area (Å²) in [6.07, 6.45) is 0.902. The van der Waals surface area contributed by atoms with E-state index in [1.54, 1.807) is 7.05 Å². The van der Waals surface area contributed by atoms with Gasteiger partial charge >= 0.3 is 12.1 Å². The van der Waals surface area contributed by atoms with Gasteiger partial charge in [-0.15, -0.1) is 12.4 Å². The molecule has 2 rings (SSSR count). The maximum atomic E-state index is 11.8. The maximum absolute atomic E-state index is 11.8. The summed E-state index contributed by atoms with van der Waals surface area (Å²) in [6, 6.07) is 5.65. The van der Waals surface area contributed by atoms with Crippen molar-refractivity contribution >= 4 is 30.2 Å². The first kappa shape index (κ1) is 19.1. The number of nitrogens with zero attached hydrogens (tertiary/aromatic N) is 2. The number of fused-ring (bicyclic) bond motifs is 1. The van der Waals surface area contributed by atoms with Gasteiger partial charge in [0.1, 0.15) is 5.75 Å². The number of esters is 1. The summed E-state index contributed by atoms with van der Waals surface area (Å²) in [5.74, 6) is 0.301. The van der Waals surface area contributed by atoms with Gasteiger partial charge in [-0.25, -0.2) is 4.79 Å². The lowest BCUT2D eigenvalue weighted by Gasteiger charge is -2.20. The van der Waals surface area contributed by atoms with Gasteiger partial charge < -0.3 is 19.3 Å². The molecule has 0 N–H and O–H groups in total. The molecule has 1 aromatic carbocycles. The van der Waals surface area contributed by atoms with Gasteiger partial charge in [0.05, 0.1) is 13.5 Å². The van der Waals surface area contributed by atoms with Crippen LogP contribution in [0.25, 0.3) is 0 Å². The van der Waals surface area contributed by atoms with Crippen molar-refractivity contribution < 1.29 is 19.1 Å². The summed E-state index contributed by atoms with van der Waals surface area (Å²) in [5, 5.41) is 0. The monoisotopic (exact) mass is 342 g/mol. The summed E-state index contributed by atoms with van der Waals surface area (Å²) in [4.78, 5) is 26.7. The van der Waals surface area contributed by atoms with Crippen LogP contribution in [-0.4, -0.2) is 50.8 Å². The van der Waals surface area contributed by atoms with Gasteiger partial charge in [0.25, 0.3) is 0 Å².